The normalized spacial score (nSPS) is 21.2. The lowest BCUT2D eigenvalue weighted by Crippen LogP contribution is -2.59. The number of anilines is 1. The minimum atomic E-state index is -0.976. The van der Waals surface area contributed by atoms with Crippen molar-refractivity contribution in [2.45, 2.75) is 69.8 Å². The Kier molecular flexibility index (Phi) is 7.86. The standard InChI is InChI=1S/C28H38F2N8OS/c1-17(2)38-18(3)33-27-23(29)12-19(13-25(27)38)26-24(30)16-32-28(35-26)34-20-4-10-37(11-5-20)40(39)22-6-8-36(9-7-22)21-14-31-15-21/h12-13,16-17,20-22,31H,4-11,14-15H2,1-3H3,(H,32,34,35). The Balaban J connectivity index is 1.10. The fraction of sp³-hybridized carbons (Fsp3) is 0.607. The Bertz CT molecular complexity index is 1390. The van der Waals surface area contributed by atoms with Crippen LogP contribution in [0.2, 0.25) is 0 Å². The van der Waals surface area contributed by atoms with Gasteiger partial charge in [0.25, 0.3) is 0 Å². The van der Waals surface area contributed by atoms with Crippen LogP contribution in [0.15, 0.2) is 18.3 Å². The lowest BCUT2D eigenvalue weighted by molar-refractivity contribution is 0.122. The number of nitrogens with zero attached hydrogens (tertiary/aromatic N) is 6. The van der Waals surface area contributed by atoms with E-state index in [1.54, 1.807) is 6.07 Å². The predicted molar refractivity (Wildman–Crippen MR) is 153 cm³/mol. The molecule has 3 aliphatic rings. The molecule has 3 aliphatic heterocycles. The van der Waals surface area contributed by atoms with Crippen LogP contribution in [0.5, 0.6) is 0 Å². The first kappa shape index (κ1) is 27.6. The molecular formula is C28H38F2N8OS. The SMILES string of the molecule is Cc1nc2c(F)cc(-c3nc(NC4CCN(S(=O)C5CCN(C6CNC6)CC5)CC4)ncc3F)cc2n1C(C)C. The van der Waals surface area contributed by atoms with E-state index >= 15 is 4.39 Å². The molecule has 0 radical (unpaired) electrons. The fourth-order valence-corrected chi connectivity index (χ4v) is 7.85. The van der Waals surface area contributed by atoms with Crippen LogP contribution in [0.4, 0.5) is 14.7 Å². The number of aromatic nitrogens is 4. The van der Waals surface area contributed by atoms with Gasteiger partial charge in [0, 0.05) is 49.9 Å². The molecule has 0 aliphatic carbocycles. The zero-order valence-electron chi connectivity index (χ0n) is 23.4. The summed E-state index contributed by atoms with van der Waals surface area (Å²) in [5.41, 5.74) is 1.28. The molecule has 2 aromatic heterocycles. The van der Waals surface area contributed by atoms with Gasteiger partial charge in [0.05, 0.1) is 27.9 Å². The van der Waals surface area contributed by atoms with E-state index in [9.17, 15) is 8.60 Å². The molecule has 0 saturated carbocycles. The zero-order valence-corrected chi connectivity index (χ0v) is 24.2. The summed E-state index contributed by atoms with van der Waals surface area (Å²) in [7, 11) is -0.976. The van der Waals surface area contributed by atoms with Crippen LogP contribution < -0.4 is 10.6 Å². The Morgan fingerprint density at radius 2 is 1.75 bits per heavy atom. The summed E-state index contributed by atoms with van der Waals surface area (Å²) in [5, 5.41) is 6.90. The van der Waals surface area contributed by atoms with Crippen LogP contribution in [0.3, 0.4) is 0 Å². The second kappa shape index (κ2) is 11.4. The number of rotatable bonds is 7. The van der Waals surface area contributed by atoms with Gasteiger partial charge in [0.1, 0.15) is 17.0 Å². The Morgan fingerprint density at radius 3 is 2.40 bits per heavy atom. The number of piperidine rings is 2. The maximum atomic E-state index is 15.0. The van der Waals surface area contributed by atoms with Gasteiger partial charge >= 0.3 is 0 Å². The van der Waals surface area contributed by atoms with E-state index in [4.69, 9.17) is 0 Å². The van der Waals surface area contributed by atoms with Crippen LogP contribution in [0.1, 0.15) is 51.4 Å². The molecule has 3 aromatic rings. The van der Waals surface area contributed by atoms with Crippen molar-refractivity contribution < 1.29 is 13.0 Å². The minimum absolute atomic E-state index is 0.0509. The van der Waals surface area contributed by atoms with Crippen molar-refractivity contribution in [3.63, 3.8) is 0 Å². The summed E-state index contributed by atoms with van der Waals surface area (Å²) in [6, 6.07) is 3.85. The highest BCUT2D eigenvalue weighted by Gasteiger charge is 2.34. The van der Waals surface area contributed by atoms with Gasteiger partial charge in [-0.1, -0.05) is 0 Å². The molecule has 0 spiro atoms. The summed E-state index contributed by atoms with van der Waals surface area (Å²) in [4.78, 5) is 15.5. The highest BCUT2D eigenvalue weighted by molar-refractivity contribution is 7.83. The molecule has 0 bridgehead atoms. The second-order valence-corrected chi connectivity index (χ2v) is 13.2. The second-order valence-electron chi connectivity index (χ2n) is 11.5. The maximum absolute atomic E-state index is 15.0. The highest BCUT2D eigenvalue weighted by Crippen LogP contribution is 2.31. The molecule has 12 heteroatoms. The van der Waals surface area contributed by atoms with Crippen LogP contribution >= 0.6 is 0 Å². The molecule has 1 atom stereocenters. The summed E-state index contributed by atoms with van der Waals surface area (Å²) < 4.78 is 47.2. The number of hydrogen-bond acceptors (Lipinski definition) is 7. The number of benzene rings is 1. The van der Waals surface area contributed by atoms with E-state index in [0.29, 0.717) is 28.9 Å². The third kappa shape index (κ3) is 5.38. The van der Waals surface area contributed by atoms with Crippen molar-refractivity contribution in [3.8, 4) is 11.3 Å². The van der Waals surface area contributed by atoms with Crippen molar-refractivity contribution in [1.82, 2.24) is 34.0 Å². The first-order chi connectivity index (χ1) is 19.3. The molecular weight excluding hydrogens is 534 g/mol. The van der Waals surface area contributed by atoms with Crippen LogP contribution in [0, 0.1) is 18.6 Å². The summed E-state index contributed by atoms with van der Waals surface area (Å²) >= 11 is 0. The number of fused-ring (bicyclic) bond motifs is 1. The number of likely N-dealkylation sites (tertiary alicyclic amines) is 1. The number of imidazole rings is 1. The maximum Gasteiger partial charge on any atom is 0.223 e. The van der Waals surface area contributed by atoms with Gasteiger partial charge in [-0.05, 0) is 71.7 Å². The molecule has 1 unspecified atom stereocenters. The largest absolute Gasteiger partial charge is 0.351 e. The van der Waals surface area contributed by atoms with Gasteiger partial charge in [-0.2, -0.15) is 0 Å². The average molecular weight is 573 g/mol. The molecule has 9 nitrogen and oxygen atoms in total. The van der Waals surface area contributed by atoms with E-state index < -0.39 is 22.6 Å². The predicted octanol–water partition coefficient (Wildman–Crippen LogP) is 3.64. The molecule has 6 rings (SSSR count). The molecule has 2 N–H and O–H groups in total. The number of nitrogens with one attached hydrogen (secondary N) is 2. The molecule has 40 heavy (non-hydrogen) atoms. The van der Waals surface area contributed by atoms with Crippen molar-refractivity contribution >= 4 is 28.0 Å². The quantitative estimate of drug-likeness (QED) is 0.447. The van der Waals surface area contributed by atoms with Gasteiger partial charge in [0.2, 0.25) is 5.95 Å². The first-order valence-corrected chi connectivity index (χ1v) is 15.5. The van der Waals surface area contributed by atoms with Crippen LogP contribution in [0.25, 0.3) is 22.3 Å². The summed E-state index contributed by atoms with van der Waals surface area (Å²) in [6.07, 6.45) is 4.69. The zero-order chi connectivity index (χ0) is 28.0. The Hall–Kier alpha value is -2.54. The van der Waals surface area contributed by atoms with Crippen molar-refractivity contribution in [1.29, 1.82) is 0 Å². The molecule has 216 valence electrons. The van der Waals surface area contributed by atoms with Crippen molar-refractivity contribution in [2.75, 3.05) is 44.6 Å². The fourth-order valence-electron chi connectivity index (χ4n) is 6.24. The molecule has 3 fully saturated rings. The molecule has 0 amide bonds. The van der Waals surface area contributed by atoms with Crippen molar-refractivity contribution in [3.05, 3.63) is 35.8 Å². The van der Waals surface area contributed by atoms with E-state index in [1.165, 1.54) is 6.07 Å². The summed E-state index contributed by atoms with van der Waals surface area (Å²) in [6.45, 7) is 11.5. The topological polar surface area (TPSA) is 91.2 Å². The third-order valence-electron chi connectivity index (χ3n) is 8.54. The third-order valence-corrected chi connectivity index (χ3v) is 10.5. The highest BCUT2D eigenvalue weighted by atomic mass is 32.2. The molecule has 1 aromatic carbocycles. The Morgan fingerprint density at radius 1 is 1.02 bits per heavy atom. The first-order valence-electron chi connectivity index (χ1n) is 14.4. The monoisotopic (exact) mass is 572 g/mol. The van der Waals surface area contributed by atoms with Crippen molar-refractivity contribution in [2.24, 2.45) is 0 Å². The van der Waals surface area contributed by atoms with Gasteiger partial charge in [-0.3, -0.25) is 4.90 Å². The molecule has 3 saturated heterocycles. The minimum Gasteiger partial charge on any atom is -0.351 e. The van der Waals surface area contributed by atoms with E-state index in [1.807, 2.05) is 25.3 Å². The van der Waals surface area contributed by atoms with Gasteiger partial charge in [0.15, 0.2) is 11.6 Å². The number of halogens is 2. The molecule has 5 heterocycles. The van der Waals surface area contributed by atoms with Gasteiger partial charge in [-0.25, -0.2) is 32.2 Å². The van der Waals surface area contributed by atoms with Gasteiger partial charge < -0.3 is 15.2 Å². The lowest BCUT2D eigenvalue weighted by Gasteiger charge is -2.43. The smallest absolute Gasteiger partial charge is 0.223 e. The number of hydrogen-bond donors (Lipinski definition) is 2. The van der Waals surface area contributed by atoms with E-state index in [2.05, 4.69) is 34.8 Å². The average Bonchev–Trinajstić information content (AvgIpc) is 3.26. The van der Waals surface area contributed by atoms with Crippen LogP contribution in [-0.4, -0.2) is 89.5 Å². The van der Waals surface area contributed by atoms with E-state index in [-0.39, 0.29) is 28.5 Å². The Labute approximate surface area is 236 Å². The lowest BCUT2D eigenvalue weighted by atomic mass is 10.0. The van der Waals surface area contributed by atoms with Crippen LogP contribution in [-0.2, 0) is 11.0 Å². The van der Waals surface area contributed by atoms with Gasteiger partial charge in [-0.15, -0.1) is 0 Å². The number of aryl methyl sites for hydroxylation is 1. The van der Waals surface area contributed by atoms with E-state index in [0.717, 1.165) is 71.1 Å². The summed E-state index contributed by atoms with van der Waals surface area (Å²) in [5.74, 6) is -0.103.